The molecule has 3 rings (SSSR count). The number of rotatable bonds is 9. The first kappa shape index (κ1) is 21.9. The second kappa shape index (κ2) is 10.3. The highest BCUT2D eigenvalue weighted by Crippen LogP contribution is 2.26. The highest BCUT2D eigenvalue weighted by molar-refractivity contribution is 7.99. The molecule has 158 valence electrons. The Morgan fingerprint density at radius 1 is 1.03 bits per heavy atom. The van der Waals surface area contributed by atoms with Gasteiger partial charge in [-0.05, 0) is 47.9 Å². The van der Waals surface area contributed by atoms with Gasteiger partial charge in [0.25, 0.3) is 11.1 Å². The van der Waals surface area contributed by atoms with Crippen LogP contribution in [0.15, 0.2) is 58.2 Å². The Balaban J connectivity index is 1.45. The first-order valence-corrected chi connectivity index (χ1v) is 10.9. The smallest absolute Gasteiger partial charge is 0.277 e. The predicted molar refractivity (Wildman–Crippen MR) is 119 cm³/mol. The predicted octanol–water partition coefficient (Wildman–Crippen LogP) is 5.17. The maximum Gasteiger partial charge on any atom is 0.277 e. The van der Waals surface area contributed by atoms with Gasteiger partial charge in [-0.3, -0.25) is 4.79 Å². The third kappa shape index (κ3) is 6.10. The fourth-order valence-corrected chi connectivity index (χ4v) is 3.34. The number of carbonyl (C=O) groups is 1. The van der Waals surface area contributed by atoms with Crippen LogP contribution in [0.2, 0.25) is 0 Å². The number of nitrogens with zero attached hydrogens (tertiary/aromatic N) is 2. The topological polar surface area (TPSA) is 77.3 Å². The van der Waals surface area contributed by atoms with Crippen LogP contribution in [0.1, 0.15) is 49.5 Å². The lowest BCUT2D eigenvalue weighted by atomic mass is 10.0. The molecule has 0 bridgehead atoms. The molecular weight excluding hydrogens is 398 g/mol. The van der Waals surface area contributed by atoms with Crippen molar-refractivity contribution in [2.45, 2.75) is 44.1 Å². The molecule has 1 aromatic heterocycles. The molecule has 0 saturated carbocycles. The summed E-state index contributed by atoms with van der Waals surface area (Å²) in [5, 5.41) is 11.9. The number of amides is 1. The van der Waals surface area contributed by atoms with Gasteiger partial charge in [0.1, 0.15) is 12.4 Å². The van der Waals surface area contributed by atoms with Crippen LogP contribution in [0.3, 0.4) is 0 Å². The minimum absolute atomic E-state index is 0.101. The van der Waals surface area contributed by atoms with Gasteiger partial charge in [-0.1, -0.05) is 51.6 Å². The normalized spacial score (nSPS) is 11.1. The van der Waals surface area contributed by atoms with Gasteiger partial charge < -0.3 is 14.5 Å². The summed E-state index contributed by atoms with van der Waals surface area (Å²) in [6, 6.07) is 15.1. The number of carbonyl (C=O) groups excluding carboxylic acids is 1. The Kier molecular flexibility index (Phi) is 7.52. The van der Waals surface area contributed by atoms with E-state index in [1.807, 2.05) is 48.5 Å². The Labute approximate surface area is 181 Å². The summed E-state index contributed by atoms with van der Waals surface area (Å²) in [5.41, 5.74) is 2.70. The van der Waals surface area contributed by atoms with Crippen molar-refractivity contribution in [1.82, 2.24) is 15.5 Å². The van der Waals surface area contributed by atoms with E-state index in [1.165, 1.54) is 17.3 Å². The monoisotopic (exact) mass is 425 g/mol. The molecule has 0 saturated heterocycles. The summed E-state index contributed by atoms with van der Waals surface area (Å²) in [5.74, 6) is 1.55. The molecule has 7 heteroatoms. The number of aromatic nitrogens is 2. The number of hydrogen-bond acceptors (Lipinski definition) is 6. The van der Waals surface area contributed by atoms with E-state index < -0.39 is 0 Å². The van der Waals surface area contributed by atoms with E-state index in [9.17, 15) is 4.79 Å². The van der Waals surface area contributed by atoms with Crippen LogP contribution in [0, 0.1) is 0 Å². The molecule has 6 nitrogen and oxygen atoms in total. The first-order valence-electron chi connectivity index (χ1n) is 10.0. The fourth-order valence-electron chi connectivity index (χ4n) is 2.72. The summed E-state index contributed by atoms with van der Waals surface area (Å²) in [7, 11) is 0. The highest BCUT2D eigenvalue weighted by atomic mass is 32.2. The first-order chi connectivity index (χ1) is 14.4. The van der Waals surface area contributed by atoms with E-state index in [-0.39, 0.29) is 5.91 Å². The minimum Gasteiger partial charge on any atom is -0.492 e. The second-order valence-electron chi connectivity index (χ2n) is 7.45. The van der Waals surface area contributed by atoms with Crippen molar-refractivity contribution in [2.75, 3.05) is 13.2 Å². The quantitative estimate of drug-likeness (QED) is 0.376. The molecule has 1 N–H and O–H groups in total. The lowest BCUT2D eigenvalue weighted by Crippen LogP contribution is -2.28. The summed E-state index contributed by atoms with van der Waals surface area (Å²) in [4.78, 5) is 12.2. The van der Waals surface area contributed by atoms with E-state index >= 15 is 0 Å². The van der Waals surface area contributed by atoms with Crippen molar-refractivity contribution in [3.8, 4) is 17.2 Å². The molecule has 1 heterocycles. The zero-order valence-corrected chi connectivity index (χ0v) is 18.5. The number of ether oxygens (including phenoxy) is 1. The summed E-state index contributed by atoms with van der Waals surface area (Å²) in [6.07, 6.45) is 0. The summed E-state index contributed by atoms with van der Waals surface area (Å²) >= 11 is 1.53. The van der Waals surface area contributed by atoms with Crippen molar-refractivity contribution in [3.05, 3.63) is 59.7 Å². The summed E-state index contributed by atoms with van der Waals surface area (Å²) < 4.78 is 11.4. The van der Waals surface area contributed by atoms with Gasteiger partial charge in [-0.2, -0.15) is 0 Å². The average Bonchev–Trinajstić information content (AvgIpc) is 3.19. The zero-order chi connectivity index (χ0) is 21.5. The van der Waals surface area contributed by atoms with E-state index in [0.29, 0.717) is 46.7 Å². The Morgan fingerprint density at radius 3 is 2.37 bits per heavy atom. The standard InChI is InChI=1S/C23H27N3O3S/c1-15(2)17-5-7-18(8-6-17)21(27)24-13-14-28-20-11-9-19(10-12-20)22-25-26-23(29-22)30-16(3)4/h5-12,15-16H,13-14H2,1-4H3,(H,24,27). The van der Waals surface area contributed by atoms with Crippen LogP contribution in [0.25, 0.3) is 11.5 Å². The molecule has 0 radical (unpaired) electrons. The molecular formula is C23H27N3O3S. The molecule has 30 heavy (non-hydrogen) atoms. The SMILES string of the molecule is CC(C)Sc1nnc(-c2ccc(OCCNC(=O)c3ccc(C(C)C)cc3)cc2)o1. The summed E-state index contributed by atoms with van der Waals surface area (Å²) in [6.45, 7) is 9.21. The maximum atomic E-state index is 12.2. The van der Waals surface area contributed by atoms with E-state index in [0.717, 1.165) is 5.56 Å². The van der Waals surface area contributed by atoms with Crippen LogP contribution in [0.5, 0.6) is 5.75 Å². The van der Waals surface area contributed by atoms with Crippen LogP contribution >= 0.6 is 11.8 Å². The van der Waals surface area contributed by atoms with Crippen molar-refractivity contribution < 1.29 is 13.9 Å². The van der Waals surface area contributed by atoms with Gasteiger partial charge in [-0.15, -0.1) is 10.2 Å². The Bertz CT molecular complexity index is 951. The van der Waals surface area contributed by atoms with Crippen LogP contribution in [-0.2, 0) is 0 Å². The molecule has 0 aliphatic carbocycles. The Hall–Kier alpha value is -2.80. The lowest BCUT2D eigenvalue weighted by molar-refractivity contribution is 0.0947. The lowest BCUT2D eigenvalue weighted by Gasteiger charge is -2.09. The van der Waals surface area contributed by atoms with Crippen molar-refractivity contribution >= 4 is 17.7 Å². The second-order valence-corrected chi connectivity index (χ2v) is 8.97. The minimum atomic E-state index is -0.101. The largest absolute Gasteiger partial charge is 0.492 e. The Morgan fingerprint density at radius 2 is 1.73 bits per heavy atom. The molecule has 2 aromatic carbocycles. The van der Waals surface area contributed by atoms with Crippen molar-refractivity contribution in [3.63, 3.8) is 0 Å². The van der Waals surface area contributed by atoms with E-state index in [1.54, 1.807) is 0 Å². The molecule has 0 aliphatic rings. The average molecular weight is 426 g/mol. The number of benzene rings is 2. The molecule has 3 aromatic rings. The highest BCUT2D eigenvalue weighted by Gasteiger charge is 2.11. The fraction of sp³-hybridized carbons (Fsp3) is 0.348. The molecule has 0 fully saturated rings. The van der Waals surface area contributed by atoms with Gasteiger partial charge in [0.2, 0.25) is 5.89 Å². The van der Waals surface area contributed by atoms with Crippen molar-refractivity contribution in [1.29, 1.82) is 0 Å². The van der Waals surface area contributed by atoms with Crippen LogP contribution in [-0.4, -0.2) is 34.5 Å². The van der Waals surface area contributed by atoms with Crippen LogP contribution < -0.4 is 10.1 Å². The number of nitrogens with one attached hydrogen (secondary N) is 1. The molecule has 0 spiro atoms. The van der Waals surface area contributed by atoms with Gasteiger partial charge in [-0.25, -0.2) is 0 Å². The molecule has 1 amide bonds. The zero-order valence-electron chi connectivity index (χ0n) is 17.7. The van der Waals surface area contributed by atoms with Gasteiger partial charge in [0.05, 0.1) is 6.54 Å². The van der Waals surface area contributed by atoms with Crippen molar-refractivity contribution in [2.24, 2.45) is 0 Å². The number of thioether (sulfide) groups is 1. The van der Waals surface area contributed by atoms with Crippen LogP contribution in [0.4, 0.5) is 0 Å². The molecule has 0 unspecified atom stereocenters. The third-order valence-electron chi connectivity index (χ3n) is 4.34. The molecule has 0 atom stereocenters. The van der Waals surface area contributed by atoms with Gasteiger partial charge >= 0.3 is 0 Å². The van der Waals surface area contributed by atoms with E-state index in [2.05, 4.69) is 43.2 Å². The maximum absolute atomic E-state index is 12.2. The van der Waals surface area contributed by atoms with Gasteiger partial charge in [0, 0.05) is 16.4 Å². The van der Waals surface area contributed by atoms with E-state index in [4.69, 9.17) is 9.15 Å². The third-order valence-corrected chi connectivity index (χ3v) is 5.18. The van der Waals surface area contributed by atoms with Gasteiger partial charge in [0.15, 0.2) is 0 Å². The molecule has 0 aliphatic heterocycles. The number of hydrogen-bond donors (Lipinski definition) is 1.